The van der Waals surface area contributed by atoms with Gasteiger partial charge in [-0.15, -0.1) is 0 Å². The van der Waals surface area contributed by atoms with Crippen molar-refractivity contribution >= 4 is 11.0 Å². The maximum absolute atomic E-state index is 5.36. The molecular formula is C26H27N3O. The van der Waals surface area contributed by atoms with Gasteiger partial charge in [-0.05, 0) is 43.5 Å². The van der Waals surface area contributed by atoms with Gasteiger partial charge in [-0.1, -0.05) is 54.1 Å². The summed E-state index contributed by atoms with van der Waals surface area (Å²) in [5.74, 6) is 2.23. The van der Waals surface area contributed by atoms with Crippen molar-refractivity contribution in [2.24, 2.45) is 0 Å². The van der Waals surface area contributed by atoms with Crippen molar-refractivity contribution in [2.75, 3.05) is 13.7 Å². The minimum absolute atomic E-state index is 0.170. The molecule has 1 aliphatic heterocycles. The Balaban J connectivity index is 1.47. The van der Waals surface area contributed by atoms with Crippen molar-refractivity contribution in [1.82, 2.24) is 14.9 Å². The average Bonchev–Trinajstić information content (AvgIpc) is 3.37. The van der Waals surface area contributed by atoms with Gasteiger partial charge in [0.1, 0.15) is 11.6 Å². The highest BCUT2D eigenvalue weighted by Crippen LogP contribution is 2.39. The third-order valence-electron chi connectivity index (χ3n) is 6.16. The molecule has 4 heteroatoms. The van der Waals surface area contributed by atoms with Gasteiger partial charge in [0.05, 0.1) is 24.2 Å². The van der Waals surface area contributed by atoms with Crippen LogP contribution in [-0.2, 0) is 0 Å². The minimum Gasteiger partial charge on any atom is -0.497 e. The van der Waals surface area contributed by atoms with Gasteiger partial charge in [0.15, 0.2) is 0 Å². The number of aryl methyl sites for hydroxylation is 1. The maximum Gasteiger partial charge on any atom is 0.130 e. The molecule has 0 saturated carbocycles. The summed E-state index contributed by atoms with van der Waals surface area (Å²) in [5, 5.41) is 0. The highest BCUT2D eigenvalue weighted by molar-refractivity contribution is 5.77. The van der Waals surface area contributed by atoms with Crippen LogP contribution in [0.4, 0.5) is 0 Å². The van der Waals surface area contributed by atoms with E-state index < -0.39 is 0 Å². The number of fused-ring (bicyclic) bond motifs is 1. The van der Waals surface area contributed by atoms with E-state index >= 15 is 0 Å². The molecule has 30 heavy (non-hydrogen) atoms. The number of rotatable bonds is 4. The molecule has 3 aromatic rings. The predicted molar refractivity (Wildman–Crippen MR) is 122 cm³/mol. The summed E-state index contributed by atoms with van der Waals surface area (Å²) in [6.07, 6.45) is 8.90. The number of benzene rings is 2. The fourth-order valence-corrected chi connectivity index (χ4v) is 4.51. The smallest absolute Gasteiger partial charge is 0.130 e. The highest BCUT2D eigenvalue weighted by atomic mass is 16.5. The van der Waals surface area contributed by atoms with E-state index in [2.05, 4.69) is 65.9 Å². The van der Waals surface area contributed by atoms with Gasteiger partial charge in [-0.25, -0.2) is 4.98 Å². The number of methoxy groups -OCH3 is 1. The molecule has 5 rings (SSSR count). The molecular weight excluding hydrogens is 370 g/mol. The van der Waals surface area contributed by atoms with E-state index in [0.29, 0.717) is 5.92 Å². The third kappa shape index (κ3) is 3.43. The fraction of sp³-hybridized carbons (Fsp3) is 0.269. The molecule has 2 aliphatic rings. The zero-order chi connectivity index (χ0) is 20.7. The number of nitrogens with one attached hydrogen (secondary N) is 1. The first-order valence-corrected chi connectivity index (χ1v) is 10.5. The second-order valence-electron chi connectivity index (χ2n) is 8.35. The van der Waals surface area contributed by atoms with Crippen LogP contribution in [0.15, 0.2) is 78.5 Å². The summed E-state index contributed by atoms with van der Waals surface area (Å²) in [6, 6.07) is 15.0. The van der Waals surface area contributed by atoms with Crippen molar-refractivity contribution < 1.29 is 4.74 Å². The predicted octanol–water partition coefficient (Wildman–Crippen LogP) is 5.81. The highest BCUT2D eigenvalue weighted by Gasteiger charge is 2.32. The zero-order valence-corrected chi connectivity index (χ0v) is 17.6. The van der Waals surface area contributed by atoms with Crippen LogP contribution >= 0.6 is 0 Å². The number of H-pyrrole nitrogens is 1. The molecule has 1 N–H and O–H groups in total. The SMILES string of the molecule is C=C1C[C@@H](c2nc3ccc(OC)cc3[nH]2)N(C2=CC(c3ccc(C)cc3)CC=C2)C1. The van der Waals surface area contributed by atoms with Gasteiger partial charge in [-0.2, -0.15) is 0 Å². The normalized spacial score (nSPS) is 21.3. The second kappa shape index (κ2) is 7.52. The molecule has 1 aliphatic carbocycles. The molecule has 1 aromatic heterocycles. The molecule has 0 amide bonds. The van der Waals surface area contributed by atoms with E-state index in [1.165, 1.54) is 22.4 Å². The van der Waals surface area contributed by atoms with Crippen LogP contribution in [0.3, 0.4) is 0 Å². The van der Waals surface area contributed by atoms with Crippen LogP contribution in [0, 0.1) is 6.92 Å². The Labute approximate surface area is 177 Å². The van der Waals surface area contributed by atoms with Gasteiger partial charge < -0.3 is 14.6 Å². The summed E-state index contributed by atoms with van der Waals surface area (Å²) >= 11 is 0. The molecule has 2 atom stereocenters. The first kappa shape index (κ1) is 18.7. The third-order valence-corrected chi connectivity index (χ3v) is 6.16. The number of likely N-dealkylation sites (tertiary alicyclic amines) is 1. The lowest BCUT2D eigenvalue weighted by Gasteiger charge is -2.29. The van der Waals surface area contributed by atoms with Crippen molar-refractivity contribution in [2.45, 2.75) is 31.7 Å². The largest absolute Gasteiger partial charge is 0.497 e. The van der Waals surface area contributed by atoms with E-state index in [4.69, 9.17) is 9.72 Å². The minimum atomic E-state index is 0.170. The zero-order valence-electron chi connectivity index (χ0n) is 17.6. The van der Waals surface area contributed by atoms with Crippen LogP contribution in [-0.4, -0.2) is 28.5 Å². The molecule has 4 nitrogen and oxygen atoms in total. The Morgan fingerprint density at radius 1 is 1.17 bits per heavy atom. The van der Waals surface area contributed by atoms with Gasteiger partial charge in [0.2, 0.25) is 0 Å². The molecule has 1 fully saturated rings. The number of hydrogen-bond donors (Lipinski definition) is 1. The Hall–Kier alpha value is -3.27. The summed E-state index contributed by atoms with van der Waals surface area (Å²) in [4.78, 5) is 10.9. The lowest BCUT2D eigenvalue weighted by molar-refractivity contribution is 0.324. The lowest BCUT2D eigenvalue weighted by Crippen LogP contribution is -2.24. The van der Waals surface area contributed by atoms with Gasteiger partial charge in [0.25, 0.3) is 0 Å². The van der Waals surface area contributed by atoms with Crippen LogP contribution < -0.4 is 4.74 Å². The van der Waals surface area contributed by atoms with E-state index in [1.54, 1.807) is 7.11 Å². The monoisotopic (exact) mass is 397 g/mol. The summed E-state index contributed by atoms with van der Waals surface area (Å²) in [6.45, 7) is 7.29. The molecule has 2 heterocycles. The van der Waals surface area contributed by atoms with E-state index in [1.807, 2.05) is 18.2 Å². The Kier molecular flexibility index (Phi) is 4.70. The average molecular weight is 398 g/mol. The number of ether oxygens (including phenoxy) is 1. The Morgan fingerprint density at radius 2 is 2.00 bits per heavy atom. The maximum atomic E-state index is 5.36. The van der Waals surface area contributed by atoms with E-state index in [-0.39, 0.29) is 6.04 Å². The number of imidazole rings is 1. The number of hydrogen-bond acceptors (Lipinski definition) is 3. The number of allylic oxidation sites excluding steroid dienone is 3. The Bertz CT molecular complexity index is 1150. The number of aromatic nitrogens is 2. The van der Waals surface area contributed by atoms with Crippen molar-refractivity contribution in [3.8, 4) is 5.75 Å². The molecule has 0 radical (unpaired) electrons. The second-order valence-corrected chi connectivity index (χ2v) is 8.35. The topological polar surface area (TPSA) is 41.1 Å². The molecule has 152 valence electrons. The first-order valence-electron chi connectivity index (χ1n) is 10.5. The lowest BCUT2D eigenvalue weighted by atomic mass is 9.90. The Morgan fingerprint density at radius 3 is 2.80 bits per heavy atom. The van der Waals surface area contributed by atoms with E-state index in [9.17, 15) is 0 Å². The summed E-state index contributed by atoms with van der Waals surface area (Å²) < 4.78 is 5.36. The molecule has 1 unspecified atom stereocenters. The summed E-state index contributed by atoms with van der Waals surface area (Å²) in [7, 11) is 1.69. The number of aromatic amines is 1. The summed E-state index contributed by atoms with van der Waals surface area (Å²) in [5.41, 5.74) is 7.14. The standard InChI is InChI=1S/C26H27N3O/c1-17-7-9-19(10-8-17)20-5-4-6-21(14-20)29-16-18(2)13-25(29)26-27-23-12-11-22(30-3)15-24(23)28-26/h4,6-12,14-15,20,25H,2,5,13,16H2,1,3H3,(H,27,28)/t20?,25-/m0/s1. The van der Waals surface area contributed by atoms with Crippen molar-refractivity contribution in [3.63, 3.8) is 0 Å². The van der Waals surface area contributed by atoms with Crippen LogP contribution in [0.25, 0.3) is 11.0 Å². The first-order chi connectivity index (χ1) is 14.6. The van der Waals surface area contributed by atoms with E-state index in [0.717, 1.165) is 42.0 Å². The van der Waals surface area contributed by atoms with Crippen LogP contribution in [0.1, 0.15) is 41.8 Å². The van der Waals surface area contributed by atoms with Crippen molar-refractivity contribution in [3.05, 3.63) is 95.5 Å². The quantitative estimate of drug-likeness (QED) is 0.565. The molecule has 0 bridgehead atoms. The molecule has 2 aromatic carbocycles. The van der Waals surface area contributed by atoms with Crippen molar-refractivity contribution in [1.29, 1.82) is 0 Å². The molecule has 0 spiro atoms. The van der Waals surface area contributed by atoms with Gasteiger partial charge in [-0.3, -0.25) is 0 Å². The van der Waals surface area contributed by atoms with Gasteiger partial charge >= 0.3 is 0 Å². The van der Waals surface area contributed by atoms with Crippen LogP contribution in [0.5, 0.6) is 5.75 Å². The number of nitrogens with zero attached hydrogens (tertiary/aromatic N) is 2. The van der Waals surface area contributed by atoms with Crippen LogP contribution in [0.2, 0.25) is 0 Å². The fourth-order valence-electron chi connectivity index (χ4n) is 4.51. The molecule has 1 saturated heterocycles. The van der Waals surface area contributed by atoms with Gasteiger partial charge in [0, 0.05) is 24.2 Å².